The average Bonchev–Trinajstić information content (AvgIpc) is 3.08. The summed E-state index contributed by atoms with van der Waals surface area (Å²) in [6, 6.07) is 16.2. The number of carbonyl (C=O) groups is 1. The number of carbonyl (C=O) groups excluding carboxylic acids is 1. The first-order chi connectivity index (χ1) is 13.3. The summed E-state index contributed by atoms with van der Waals surface area (Å²) < 4.78 is 7.40. The maximum Gasteiger partial charge on any atom is 0.351 e. The number of rotatable bonds is 6. The number of hydrogen-bond acceptors (Lipinski definition) is 2. The number of imidazole rings is 1. The van der Waals surface area contributed by atoms with Crippen LogP contribution in [-0.2, 0) is 17.7 Å². The number of amides is 1. The highest BCUT2D eigenvalue weighted by Gasteiger charge is 2.27. The SMILES string of the molecule is O=C(NCCc1ccccc1)c1[nH]c(C[NH+]2CCOCC2)c2cccc[n+]12. The standard InChI is InChI=1S/C21H24N4O2/c26-21(22-10-9-17-6-2-1-3-7-17)20-23-18(16-24-12-14-27-15-13-24)19-8-4-5-11-25(19)20/h1-8,11H,9-10,12-16H2,(H,22,26)/p+2. The van der Waals surface area contributed by atoms with Crippen LogP contribution in [0.15, 0.2) is 54.7 Å². The third-order valence-electron chi connectivity index (χ3n) is 5.06. The summed E-state index contributed by atoms with van der Waals surface area (Å²) in [7, 11) is 0. The van der Waals surface area contributed by atoms with Gasteiger partial charge in [-0.2, -0.15) is 4.40 Å². The number of benzene rings is 1. The number of morpholine rings is 1. The van der Waals surface area contributed by atoms with Crippen LogP contribution in [0.4, 0.5) is 0 Å². The Kier molecular flexibility index (Phi) is 5.46. The Morgan fingerprint density at radius 1 is 1.11 bits per heavy atom. The van der Waals surface area contributed by atoms with Crippen LogP contribution in [0.3, 0.4) is 0 Å². The van der Waals surface area contributed by atoms with Crippen LogP contribution in [0.2, 0.25) is 0 Å². The summed E-state index contributed by atoms with van der Waals surface area (Å²) in [5.74, 6) is 0.511. The number of quaternary nitrogens is 1. The molecule has 27 heavy (non-hydrogen) atoms. The van der Waals surface area contributed by atoms with Crippen molar-refractivity contribution in [2.45, 2.75) is 13.0 Å². The molecule has 1 saturated heterocycles. The zero-order chi connectivity index (χ0) is 18.5. The van der Waals surface area contributed by atoms with E-state index in [-0.39, 0.29) is 5.91 Å². The predicted molar refractivity (Wildman–Crippen MR) is 102 cm³/mol. The van der Waals surface area contributed by atoms with Gasteiger partial charge in [-0.25, -0.2) is 4.98 Å². The van der Waals surface area contributed by atoms with Crippen LogP contribution in [0, 0.1) is 0 Å². The molecule has 2 aromatic heterocycles. The van der Waals surface area contributed by atoms with Crippen LogP contribution >= 0.6 is 0 Å². The van der Waals surface area contributed by atoms with E-state index < -0.39 is 0 Å². The van der Waals surface area contributed by atoms with Crippen LogP contribution in [-0.4, -0.2) is 43.7 Å². The molecular formula is C21H26N4O2+2. The number of aromatic amines is 1. The lowest BCUT2D eigenvalue weighted by Crippen LogP contribution is -3.12. The molecule has 3 aromatic rings. The zero-order valence-corrected chi connectivity index (χ0v) is 15.4. The Morgan fingerprint density at radius 3 is 2.70 bits per heavy atom. The summed E-state index contributed by atoms with van der Waals surface area (Å²) in [4.78, 5) is 17.6. The van der Waals surface area contributed by atoms with Gasteiger partial charge < -0.3 is 15.0 Å². The number of pyridine rings is 1. The van der Waals surface area contributed by atoms with Crippen LogP contribution < -0.4 is 14.6 Å². The lowest BCUT2D eigenvalue weighted by Gasteiger charge is -2.22. The first kappa shape index (κ1) is 17.7. The van der Waals surface area contributed by atoms with Crippen LogP contribution in [0.5, 0.6) is 0 Å². The number of hydrogen-bond donors (Lipinski definition) is 3. The molecule has 0 atom stereocenters. The molecule has 3 N–H and O–H groups in total. The van der Waals surface area contributed by atoms with E-state index in [9.17, 15) is 4.79 Å². The highest BCUT2D eigenvalue weighted by molar-refractivity contribution is 5.89. The van der Waals surface area contributed by atoms with Gasteiger partial charge in [0.2, 0.25) is 5.69 Å². The van der Waals surface area contributed by atoms with Crippen molar-refractivity contribution in [3.8, 4) is 0 Å². The molecule has 3 heterocycles. The van der Waals surface area contributed by atoms with Gasteiger partial charge in [-0.05, 0) is 24.1 Å². The molecule has 1 fully saturated rings. The molecule has 6 heteroatoms. The van der Waals surface area contributed by atoms with Gasteiger partial charge in [0, 0.05) is 6.54 Å². The number of nitrogens with zero attached hydrogens (tertiary/aromatic N) is 1. The van der Waals surface area contributed by atoms with Gasteiger partial charge in [0.25, 0.3) is 0 Å². The Morgan fingerprint density at radius 2 is 1.89 bits per heavy atom. The van der Waals surface area contributed by atoms with E-state index in [1.54, 1.807) is 0 Å². The second-order valence-corrected chi connectivity index (χ2v) is 6.94. The van der Waals surface area contributed by atoms with Crippen molar-refractivity contribution >= 4 is 11.4 Å². The van der Waals surface area contributed by atoms with E-state index in [1.807, 2.05) is 40.9 Å². The number of nitrogens with one attached hydrogen (secondary N) is 3. The largest absolute Gasteiger partial charge is 0.370 e. The highest BCUT2D eigenvalue weighted by Crippen LogP contribution is 2.06. The monoisotopic (exact) mass is 366 g/mol. The Bertz CT molecular complexity index is 901. The second-order valence-electron chi connectivity index (χ2n) is 6.94. The van der Waals surface area contributed by atoms with Gasteiger partial charge >= 0.3 is 11.7 Å². The molecule has 0 bridgehead atoms. The summed E-state index contributed by atoms with van der Waals surface area (Å²) in [5, 5.41) is 3.04. The number of ether oxygens (including phenoxy) is 1. The van der Waals surface area contributed by atoms with Crippen molar-refractivity contribution in [2.24, 2.45) is 0 Å². The third-order valence-corrected chi connectivity index (χ3v) is 5.06. The van der Waals surface area contributed by atoms with Crippen molar-refractivity contribution in [3.63, 3.8) is 0 Å². The molecule has 0 aliphatic carbocycles. The lowest BCUT2D eigenvalue weighted by molar-refractivity contribution is -0.921. The molecule has 4 rings (SSSR count). The van der Waals surface area contributed by atoms with Gasteiger partial charge in [-0.1, -0.05) is 36.4 Å². The van der Waals surface area contributed by atoms with Crippen LogP contribution in [0.25, 0.3) is 5.52 Å². The maximum atomic E-state index is 12.8. The molecule has 0 unspecified atom stereocenters. The smallest absolute Gasteiger partial charge is 0.351 e. The predicted octanol–water partition coefficient (Wildman–Crippen LogP) is 0.141. The molecule has 6 nitrogen and oxygen atoms in total. The molecule has 1 amide bonds. The summed E-state index contributed by atoms with van der Waals surface area (Å²) in [6.07, 6.45) is 2.76. The molecule has 1 aliphatic rings. The lowest BCUT2D eigenvalue weighted by atomic mass is 10.1. The Labute approximate surface area is 158 Å². The minimum absolute atomic E-state index is 0.0737. The quantitative estimate of drug-likeness (QED) is 0.544. The molecule has 1 aromatic carbocycles. The number of fused-ring (bicyclic) bond motifs is 1. The number of H-pyrrole nitrogens is 1. The van der Waals surface area contributed by atoms with E-state index in [0.717, 1.165) is 50.5 Å². The Hall–Kier alpha value is -2.70. The highest BCUT2D eigenvalue weighted by atomic mass is 16.5. The van der Waals surface area contributed by atoms with Gasteiger partial charge in [0.15, 0.2) is 5.52 Å². The second kappa shape index (κ2) is 8.33. The molecule has 0 radical (unpaired) electrons. The van der Waals surface area contributed by atoms with Crippen LogP contribution in [0.1, 0.15) is 21.9 Å². The van der Waals surface area contributed by atoms with E-state index in [1.165, 1.54) is 10.5 Å². The Balaban J connectivity index is 1.48. The van der Waals surface area contributed by atoms with Gasteiger partial charge in [-0.3, -0.25) is 4.79 Å². The van der Waals surface area contributed by atoms with Crippen molar-refractivity contribution in [1.29, 1.82) is 0 Å². The van der Waals surface area contributed by atoms with Crippen molar-refractivity contribution in [2.75, 3.05) is 32.8 Å². The van der Waals surface area contributed by atoms with Crippen molar-refractivity contribution in [1.82, 2.24) is 10.3 Å². The minimum atomic E-state index is -0.0737. The van der Waals surface area contributed by atoms with E-state index in [4.69, 9.17) is 4.74 Å². The molecule has 140 valence electrons. The average molecular weight is 366 g/mol. The van der Waals surface area contributed by atoms with Crippen molar-refractivity contribution < 1.29 is 18.8 Å². The first-order valence-electron chi connectivity index (χ1n) is 9.56. The zero-order valence-electron chi connectivity index (χ0n) is 15.4. The summed E-state index contributed by atoms with van der Waals surface area (Å²) >= 11 is 0. The molecule has 0 saturated carbocycles. The van der Waals surface area contributed by atoms with Gasteiger partial charge in [0.1, 0.15) is 19.6 Å². The van der Waals surface area contributed by atoms with E-state index >= 15 is 0 Å². The third kappa shape index (κ3) is 4.18. The normalized spacial score (nSPS) is 15.1. The minimum Gasteiger partial charge on any atom is -0.370 e. The fraction of sp³-hybridized carbons (Fsp3) is 0.333. The van der Waals surface area contributed by atoms with Gasteiger partial charge in [0.05, 0.1) is 19.4 Å². The van der Waals surface area contributed by atoms with E-state index in [0.29, 0.717) is 12.4 Å². The van der Waals surface area contributed by atoms with E-state index in [2.05, 4.69) is 28.5 Å². The first-order valence-corrected chi connectivity index (χ1v) is 9.56. The van der Waals surface area contributed by atoms with Gasteiger partial charge in [-0.15, -0.1) is 0 Å². The molecule has 0 spiro atoms. The molecular weight excluding hydrogens is 340 g/mol. The summed E-state index contributed by atoms with van der Waals surface area (Å²) in [6.45, 7) is 5.07. The fourth-order valence-corrected chi connectivity index (χ4v) is 3.59. The molecule has 1 aliphatic heterocycles. The summed E-state index contributed by atoms with van der Waals surface area (Å²) in [5.41, 5.74) is 3.38. The number of aromatic nitrogens is 2. The topological polar surface area (TPSA) is 62.7 Å². The van der Waals surface area contributed by atoms with Crippen molar-refractivity contribution in [3.05, 3.63) is 71.8 Å². The maximum absolute atomic E-state index is 12.8. The fourth-order valence-electron chi connectivity index (χ4n) is 3.59.